The van der Waals surface area contributed by atoms with E-state index in [2.05, 4.69) is 12.6 Å². The molecule has 0 heterocycles. The van der Waals surface area contributed by atoms with Crippen LogP contribution in [0.4, 0.5) is 0 Å². The van der Waals surface area contributed by atoms with Gasteiger partial charge < -0.3 is 4.74 Å². The molecule has 1 rings (SSSR count). The fourth-order valence-electron chi connectivity index (χ4n) is 1.10. The second-order valence-electron chi connectivity index (χ2n) is 2.90. The molecule has 0 aliphatic carbocycles. The number of thiol groups is 1. The molecule has 0 saturated carbocycles. The van der Waals surface area contributed by atoms with Gasteiger partial charge in [-0.25, -0.2) is 8.42 Å². The monoisotopic (exact) mass is 232 g/mol. The van der Waals surface area contributed by atoms with Crippen molar-refractivity contribution in [2.24, 2.45) is 0 Å². The zero-order valence-electron chi connectivity index (χ0n) is 8.02. The molecule has 0 saturated heterocycles. The molecule has 0 aliphatic heterocycles. The Labute approximate surface area is 89.4 Å². The summed E-state index contributed by atoms with van der Waals surface area (Å²) in [6.45, 7) is 1.83. The predicted octanol–water partition coefficient (Wildman–Crippen LogP) is 1.66. The van der Waals surface area contributed by atoms with Crippen molar-refractivity contribution in [3.63, 3.8) is 0 Å². The average molecular weight is 232 g/mol. The molecule has 0 amide bonds. The minimum atomic E-state index is -3.32. The largest absolute Gasteiger partial charge is 0.495 e. The van der Waals surface area contributed by atoms with Crippen LogP contribution in [0, 0.1) is 6.92 Å². The van der Waals surface area contributed by atoms with Crippen LogP contribution < -0.4 is 4.74 Å². The molecule has 0 aliphatic rings. The molecule has 1 aromatic rings. The summed E-state index contributed by atoms with van der Waals surface area (Å²) < 4.78 is 28.1. The summed E-state index contributed by atoms with van der Waals surface area (Å²) in [5.41, 5.74) is 0.881. The van der Waals surface area contributed by atoms with Gasteiger partial charge in [0.1, 0.15) is 10.6 Å². The van der Waals surface area contributed by atoms with Crippen molar-refractivity contribution in [3.05, 3.63) is 23.8 Å². The van der Waals surface area contributed by atoms with E-state index in [1.165, 1.54) is 7.11 Å². The van der Waals surface area contributed by atoms with Crippen molar-refractivity contribution in [2.75, 3.05) is 12.2 Å². The highest BCUT2D eigenvalue weighted by Crippen LogP contribution is 2.25. The van der Waals surface area contributed by atoms with E-state index in [0.717, 1.165) is 5.56 Å². The van der Waals surface area contributed by atoms with Crippen LogP contribution in [0.15, 0.2) is 23.1 Å². The maximum atomic E-state index is 11.6. The summed E-state index contributed by atoms with van der Waals surface area (Å²) in [4.78, 5) is 0.204. The zero-order chi connectivity index (χ0) is 10.8. The Morgan fingerprint density at radius 2 is 2.07 bits per heavy atom. The molecule has 1 aromatic carbocycles. The number of aryl methyl sites for hydroxylation is 1. The van der Waals surface area contributed by atoms with E-state index in [1.807, 2.05) is 6.92 Å². The van der Waals surface area contributed by atoms with Crippen molar-refractivity contribution in [1.82, 2.24) is 0 Å². The normalized spacial score (nSPS) is 11.4. The number of benzene rings is 1. The van der Waals surface area contributed by atoms with Crippen molar-refractivity contribution in [3.8, 4) is 5.75 Å². The van der Waals surface area contributed by atoms with Gasteiger partial charge in [0, 0.05) is 0 Å². The van der Waals surface area contributed by atoms with Gasteiger partial charge in [-0.05, 0) is 24.6 Å². The van der Waals surface area contributed by atoms with Gasteiger partial charge in [-0.1, -0.05) is 6.07 Å². The van der Waals surface area contributed by atoms with Gasteiger partial charge in [0.05, 0.1) is 12.2 Å². The van der Waals surface area contributed by atoms with E-state index in [0.29, 0.717) is 5.75 Å². The van der Waals surface area contributed by atoms with Gasteiger partial charge in [-0.15, -0.1) is 0 Å². The van der Waals surface area contributed by atoms with Crippen LogP contribution in [0.1, 0.15) is 5.56 Å². The van der Waals surface area contributed by atoms with Gasteiger partial charge in [0.2, 0.25) is 0 Å². The van der Waals surface area contributed by atoms with Crippen LogP contribution in [0.25, 0.3) is 0 Å². The summed E-state index contributed by atoms with van der Waals surface area (Å²) in [5.74, 6) is 0.365. The lowest BCUT2D eigenvalue weighted by Gasteiger charge is -2.08. The molecule has 0 spiro atoms. The highest BCUT2D eigenvalue weighted by atomic mass is 32.2. The Bertz CT molecular complexity index is 424. The third-order valence-corrected chi connectivity index (χ3v) is 4.17. The second kappa shape index (κ2) is 4.23. The Morgan fingerprint density at radius 1 is 1.43 bits per heavy atom. The molecule has 3 nitrogen and oxygen atoms in total. The lowest BCUT2D eigenvalue weighted by atomic mass is 10.2. The maximum Gasteiger partial charge on any atom is 0.191 e. The van der Waals surface area contributed by atoms with Crippen LogP contribution in [0.2, 0.25) is 0 Å². The number of sulfone groups is 1. The minimum Gasteiger partial charge on any atom is -0.495 e. The zero-order valence-corrected chi connectivity index (χ0v) is 9.73. The lowest BCUT2D eigenvalue weighted by Crippen LogP contribution is -2.04. The lowest BCUT2D eigenvalue weighted by molar-refractivity contribution is 0.402. The molecule has 78 valence electrons. The summed E-state index contributed by atoms with van der Waals surface area (Å²) in [6, 6.07) is 5.03. The first-order chi connectivity index (χ1) is 6.51. The number of ether oxygens (including phenoxy) is 1. The molecule has 0 radical (unpaired) electrons. The maximum absolute atomic E-state index is 11.6. The quantitative estimate of drug-likeness (QED) is 0.806. The molecule has 0 aromatic heterocycles. The van der Waals surface area contributed by atoms with E-state index in [1.54, 1.807) is 18.2 Å². The number of methoxy groups -OCH3 is 1. The molecular weight excluding hydrogens is 220 g/mol. The minimum absolute atomic E-state index is 0.204. The van der Waals surface area contributed by atoms with E-state index in [4.69, 9.17) is 4.74 Å². The SMILES string of the molecule is COc1ccc(C)cc1S(=O)(=O)CS. The first kappa shape index (κ1) is 11.4. The molecule has 0 bridgehead atoms. The van der Waals surface area contributed by atoms with Gasteiger partial charge in [-0.3, -0.25) is 0 Å². The first-order valence-electron chi connectivity index (χ1n) is 3.99. The summed E-state index contributed by atoms with van der Waals surface area (Å²) in [7, 11) is -1.88. The highest BCUT2D eigenvalue weighted by molar-refractivity contribution is 8.03. The third-order valence-electron chi connectivity index (χ3n) is 1.82. The van der Waals surface area contributed by atoms with Crippen molar-refractivity contribution in [1.29, 1.82) is 0 Å². The molecule has 0 unspecified atom stereocenters. The van der Waals surface area contributed by atoms with E-state index < -0.39 is 9.84 Å². The van der Waals surface area contributed by atoms with Crippen LogP contribution in [0.3, 0.4) is 0 Å². The van der Waals surface area contributed by atoms with Crippen molar-refractivity contribution < 1.29 is 13.2 Å². The Kier molecular flexibility index (Phi) is 3.44. The molecule has 0 atom stereocenters. The Morgan fingerprint density at radius 3 is 2.57 bits per heavy atom. The third kappa shape index (κ3) is 2.22. The van der Waals surface area contributed by atoms with Gasteiger partial charge >= 0.3 is 0 Å². The smallest absolute Gasteiger partial charge is 0.191 e. The number of rotatable bonds is 3. The molecule has 14 heavy (non-hydrogen) atoms. The van der Waals surface area contributed by atoms with Crippen LogP contribution in [-0.2, 0) is 9.84 Å². The summed E-state index contributed by atoms with van der Waals surface area (Å²) in [6.07, 6.45) is 0. The molecule has 0 N–H and O–H groups in total. The summed E-state index contributed by atoms with van der Waals surface area (Å²) >= 11 is 3.79. The fraction of sp³-hybridized carbons (Fsp3) is 0.333. The van der Waals surface area contributed by atoms with Crippen LogP contribution in [0.5, 0.6) is 5.75 Å². The topological polar surface area (TPSA) is 43.4 Å². The predicted molar refractivity (Wildman–Crippen MR) is 58.8 cm³/mol. The average Bonchev–Trinajstić information content (AvgIpc) is 2.18. The Hall–Kier alpha value is -0.680. The molecule has 5 heteroatoms. The van der Waals surface area contributed by atoms with Gasteiger partial charge in [0.15, 0.2) is 9.84 Å². The van der Waals surface area contributed by atoms with Crippen molar-refractivity contribution in [2.45, 2.75) is 11.8 Å². The van der Waals surface area contributed by atoms with E-state index in [-0.39, 0.29) is 9.98 Å². The number of hydrogen-bond acceptors (Lipinski definition) is 4. The van der Waals surface area contributed by atoms with Crippen LogP contribution >= 0.6 is 12.6 Å². The van der Waals surface area contributed by atoms with Crippen LogP contribution in [-0.4, -0.2) is 20.6 Å². The van der Waals surface area contributed by atoms with Crippen molar-refractivity contribution >= 4 is 22.5 Å². The fourth-order valence-corrected chi connectivity index (χ4v) is 2.48. The van der Waals surface area contributed by atoms with Gasteiger partial charge in [-0.2, -0.15) is 12.6 Å². The number of hydrogen-bond donors (Lipinski definition) is 1. The van der Waals surface area contributed by atoms with Gasteiger partial charge in [0.25, 0.3) is 0 Å². The molecule has 0 fully saturated rings. The standard InChI is InChI=1S/C9H12O3S2/c1-7-3-4-8(12-2)9(5-7)14(10,11)6-13/h3-5,13H,6H2,1-2H3. The van der Waals surface area contributed by atoms with E-state index in [9.17, 15) is 8.42 Å². The highest BCUT2D eigenvalue weighted by Gasteiger charge is 2.17. The Balaban J connectivity index is 3.39. The van der Waals surface area contributed by atoms with E-state index >= 15 is 0 Å². The second-order valence-corrected chi connectivity index (χ2v) is 5.60. The molecular formula is C9H12O3S2. The first-order valence-corrected chi connectivity index (χ1v) is 6.28. The summed E-state index contributed by atoms with van der Waals surface area (Å²) in [5, 5.41) is -0.215.